The fourth-order valence-corrected chi connectivity index (χ4v) is 3.97. The zero-order chi connectivity index (χ0) is 20.8. The van der Waals surface area contributed by atoms with E-state index in [2.05, 4.69) is 135 Å². The molecule has 30 heavy (non-hydrogen) atoms. The van der Waals surface area contributed by atoms with Crippen LogP contribution >= 0.6 is 0 Å². The van der Waals surface area contributed by atoms with Crippen LogP contribution in [0.4, 0.5) is 0 Å². The van der Waals surface area contributed by atoms with Crippen molar-refractivity contribution in [2.75, 3.05) is 0 Å². The number of hydrogen-bond acceptors (Lipinski definition) is 0. The van der Waals surface area contributed by atoms with E-state index in [9.17, 15) is 0 Å². The zero-order valence-electron chi connectivity index (χ0n) is 17.5. The molecule has 0 spiro atoms. The van der Waals surface area contributed by atoms with Crippen LogP contribution in [0, 0.1) is 0 Å². The first kappa shape index (κ1) is 19.7. The van der Waals surface area contributed by atoms with Crippen LogP contribution in [0.25, 0.3) is 22.3 Å². The summed E-state index contributed by atoms with van der Waals surface area (Å²) in [7, 11) is 0. The Morgan fingerprint density at radius 1 is 0.333 bits per heavy atom. The highest BCUT2D eigenvalue weighted by molar-refractivity contribution is 6.21. The molecule has 0 atom stereocenters. The van der Waals surface area contributed by atoms with Crippen molar-refractivity contribution in [3.8, 4) is 0 Å². The molecule has 4 aromatic rings. The van der Waals surface area contributed by atoms with Gasteiger partial charge in [0.15, 0.2) is 0 Å². The Kier molecular flexibility index (Phi) is 6.06. The third kappa shape index (κ3) is 4.18. The molecule has 4 rings (SSSR count). The highest BCUT2D eigenvalue weighted by atomic mass is 14.2. The molecule has 0 aromatic heterocycles. The van der Waals surface area contributed by atoms with Crippen molar-refractivity contribution >= 4 is 22.3 Å². The maximum absolute atomic E-state index is 2.24. The highest BCUT2D eigenvalue weighted by Gasteiger charge is 2.18. The van der Waals surface area contributed by atoms with Gasteiger partial charge in [-0.3, -0.25) is 0 Å². The maximum Gasteiger partial charge on any atom is -0.00673 e. The minimum atomic E-state index is 1.23. The summed E-state index contributed by atoms with van der Waals surface area (Å²) in [4.78, 5) is 0. The van der Waals surface area contributed by atoms with Crippen LogP contribution in [0.15, 0.2) is 121 Å². The lowest BCUT2D eigenvalue weighted by atomic mass is 9.83. The molecule has 0 aliphatic rings. The second-order valence-corrected chi connectivity index (χ2v) is 7.46. The fourth-order valence-electron chi connectivity index (χ4n) is 3.97. The lowest BCUT2D eigenvalue weighted by molar-refractivity contribution is 1.51. The van der Waals surface area contributed by atoms with Crippen molar-refractivity contribution in [1.29, 1.82) is 0 Å². The van der Waals surface area contributed by atoms with Gasteiger partial charge in [0.1, 0.15) is 0 Å². The maximum atomic E-state index is 2.24. The monoisotopic (exact) mass is 386 g/mol. The van der Waals surface area contributed by atoms with Crippen LogP contribution in [0.5, 0.6) is 0 Å². The molecule has 146 valence electrons. The van der Waals surface area contributed by atoms with Crippen molar-refractivity contribution in [2.45, 2.75) is 13.8 Å². The molecule has 0 bridgehead atoms. The van der Waals surface area contributed by atoms with Gasteiger partial charge >= 0.3 is 0 Å². The fraction of sp³-hybridized carbons (Fsp3) is 0.0667. The van der Waals surface area contributed by atoms with Crippen LogP contribution in [0.3, 0.4) is 0 Å². The molecule has 0 saturated carbocycles. The zero-order valence-corrected chi connectivity index (χ0v) is 17.5. The normalized spacial score (nSPS) is 12.7. The molecule has 0 aliphatic heterocycles. The van der Waals surface area contributed by atoms with Crippen molar-refractivity contribution in [3.05, 3.63) is 144 Å². The van der Waals surface area contributed by atoms with Gasteiger partial charge in [0, 0.05) is 0 Å². The molecule has 0 unspecified atom stereocenters. The largest absolute Gasteiger partial charge is 0.0622 e. The summed E-state index contributed by atoms with van der Waals surface area (Å²) in [6, 6.07) is 42.8. The topological polar surface area (TPSA) is 0 Å². The average molecular weight is 387 g/mol. The summed E-state index contributed by atoms with van der Waals surface area (Å²) in [5, 5.41) is 0. The van der Waals surface area contributed by atoms with E-state index in [4.69, 9.17) is 0 Å². The first-order valence-electron chi connectivity index (χ1n) is 10.4. The second kappa shape index (κ2) is 9.24. The third-order valence-corrected chi connectivity index (χ3v) is 5.54. The standard InChI is InChI=1S/C30H26/c1-23(25-15-7-3-8-16-25)29(27-19-11-5-12-20-27)30(28-21-13-6-14-22-28)24(2)26-17-9-4-10-18-26/h3-22H,1-2H3/b29-23+,30-24+. The Bertz CT molecular complexity index is 1050. The second-order valence-electron chi connectivity index (χ2n) is 7.46. The first-order valence-corrected chi connectivity index (χ1v) is 10.4. The molecule has 0 radical (unpaired) electrons. The summed E-state index contributed by atoms with van der Waals surface area (Å²) >= 11 is 0. The molecule has 0 amide bonds. The van der Waals surface area contributed by atoms with Crippen molar-refractivity contribution < 1.29 is 0 Å². The molecular formula is C30H26. The van der Waals surface area contributed by atoms with Gasteiger partial charge in [0.2, 0.25) is 0 Å². The molecular weight excluding hydrogens is 360 g/mol. The van der Waals surface area contributed by atoms with E-state index in [0.717, 1.165) is 0 Å². The van der Waals surface area contributed by atoms with E-state index in [1.165, 1.54) is 44.5 Å². The molecule has 0 saturated heterocycles. The van der Waals surface area contributed by atoms with Gasteiger partial charge in [-0.05, 0) is 58.4 Å². The minimum absolute atomic E-state index is 1.23. The van der Waals surface area contributed by atoms with E-state index in [-0.39, 0.29) is 0 Å². The average Bonchev–Trinajstić information content (AvgIpc) is 2.84. The first-order chi connectivity index (χ1) is 14.8. The van der Waals surface area contributed by atoms with Gasteiger partial charge < -0.3 is 0 Å². The Morgan fingerprint density at radius 3 is 0.833 bits per heavy atom. The molecule has 0 nitrogen and oxygen atoms in total. The van der Waals surface area contributed by atoms with Crippen LogP contribution in [-0.4, -0.2) is 0 Å². The quantitative estimate of drug-likeness (QED) is 0.239. The Morgan fingerprint density at radius 2 is 0.567 bits per heavy atom. The van der Waals surface area contributed by atoms with E-state index in [0.29, 0.717) is 0 Å². The molecule has 0 heterocycles. The third-order valence-electron chi connectivity index (χ3n) is 5.54. The van der Waals surface area contributed by atoms with E-state index in [1.807, 2.05) is 0 Å². The lowest BCUT2D eigenvalue weighted by Crippen LogP contribution is -1.98. The Hall–Kier alpha value is -3.64. The summed E-state index contributed by atoms with van der Waals surface area (Å²) in [5.41, 5.74) is 10.0. The summed E-state index contributed by atoms with van der Waals surface area (Å²) in [6.45, 7) is 4.47. The number of allylic oxidation sites excluding steroid dienone is 4. The summed E-state index contributed by atoms with van der Waals surface area (Å²) in [5.74, 6) is 0. The van der Waals surface area contributed by atoms with Gasteiger partial charge in [-0.2, -0.15) is 0 Å². The summed E-state index contributed by atoms with van der Waals surface area (Å²) in [6.07, 6.45) is 0. The van der Waals surface area contributed by atoms with Crippen molar-refractivity contribution in [2.24, 2.45) is 0 Å². The van der Waals surface area contributed by atoms with Gasteiger partial charge in [0.05, 0.1) is 0 Å². The van der Waals surface area contributed by atoms with E-state index < -0.39 is 0 Å². The lowest BCUT2D eigenvalue weighted by Gasteiger charge is -2.21. The van der Waals surface area contributed by atoms with Crippen molar-refractivity contribution in [3.63, 3.8) is 0 Å². The Balaban J connectivity index is 2.07. The van der Waals surface area contributed by atoms with Gasteiger partial charge in [0.25, 0.3) is 0 Å². The van der Waals surface area contributed by atoms with Gasteiger partial charge in [-0.25, -0.2) is 0 Å². The minimum Gasteiger partial charge on any atom is -0.0622 e. The van der Waals surface area contributed by atoms with Crippen molar-refractivity contribution in [1.82, 2.24) is 0 Å². The van der Waals surface area contributed by atoms with Crippen LogP contribution in [-0.2, 0) is 0 Å². The SMILES string of the molecule is C/C(=C(\C(=C(/C)c1ccccc1)c1ccccc1)c1ccccc1)c1ccccc1. The molecule has 0 fully saturated rings. The highest BCUT2D eigenvalue weighted by Crippen LogP contribution is 2.41. The molecule has 0 heteroatoms. The smallest absolute Gasteiger partial charge is 0.00673 e. The Labute approximate surface area is 179 Å². The molecule has 4 aromatic carbocycles. The predicted octanol–water partition coefficient (Wildman–Crippen LogP) is 8.25. The van der Waals surface area contributed by atoms with E-state index in [1.54, 1.807) is 0 Å². The number of hydrogen-bond donors (Lipinski definition) is 0. The number of benzene rings is 4. The van der Waals surface area contributed by atoms with Gasteiger partial charge in [-0.1, -0.05) is 121 Å². The van der Waals surface area contributed by atoms with E-state index >= 15 is 0 Å². The molecule has 0 N–H and O–H groups in total. The summed E-state index contributed by atoms with van der Waals surface area (Å²) < 4.78 is 0. The number of rotatable bonds is 5. The van der Waals surface area contributed by atoms with Crippen LogP contribution in [0.2, 0.25) is 0 Å². The predicted molar refractivity (Wildman–Crippen MR) is 131 cm³/mol. The molecule has 0 aliphatic carbocycles. The van der Waals surface area contributed by atoms with Crippen LogP contribution < -0.4 is 0 Å². The van der Waals surface area contributed by atoms with Gasteiger partial charge in [-0.15, -0.1) is 0 Å². The van der Waals surface area contributed by atoms with Crippen LogP contribution in [0.1, 0.15) is 36.1 Å².